The molecule has 2 aromatic rings. The Morgan fingerprint density at radius 3 is 2.55 bits per heavy atom. The zero-order valence-electron chi connectivity index (χ0n) is 10.5. The Bertz CT molecular complexity index is 620. The minimum atomic E-state index is -1.00. The molecule has 1 N–H and O–H groups in total. The van der Waals surface area contributed by atoms with Gasteiger partial charge in [0.1, 0.15) is 17.8 Å². The van der Waals surface area contributed by atoms with Gasteiger partial charge in [0.2, 0.25) is 0 Å². The van der Waals surface area contributed by atoms with Crippen LogP contribution in [0.25, 0.3) is 0 Å². The maximum atomic E-state index is 13.6. The molecule has 1 aromatic carbocycles. The molecule has 0 bridgehead atoms. The molecule has 9 heteroatoms. The molecule has 1 heterocycles. The van der Waals surface area contributed by atoms with Crippen LogP contribution >= 0.6 is 0 Å². The van der Waals surface area contributed by atoms with Gasteiger partial charge in [-0.05, 0) is 0 Å². The molecule has 20 heavy (non-hydrogen) atoms. The van der Waals surface area contributed by atoms with E-state index in [4.69, 9.17) is 0 Å². The van der Waals surface area contributed by atoms with Crippen LogP contribution in [0.1, 0.15) is 5.82 Å². The number of benzene rings is 1. The van der Waals surface area contributed by atoms with E-state index in [1.807, 2.05) is 0 Å². The first-order valence-corrected chi connectivity index (χ1v) is 5.69. The molecule has 0 radical (unpaired) electrons. The van der Waals surface area contributed by atoms with Crippen LogP contribution < -0.4 is 5.32 Å². The zero-order valence-corrected chi connectivity index (χ0v) is 10.5. The van der Waals surface area contributed by atoms with E-state index in [0.717, 1.165) is 0 Å². The second-order valence-corrected chi connectivity index (χ2v) is 4.08. The highest BCUT2D eigenvalue weighted by atomic mass is 19.1. The average molecular weight is 283 g/mol. The number of hydrogen-bond donors (Lipinski definition) is 1. The Hall–Kier alpha value is -2.58. The fourth-order valence-electron chi connectivity index (χ4n) is 1.67. The van der Waals surface area contributed by atoms with Crippen molar-refractivity contribution in [1.82, 2.24) is 14.8 Å². The number of aromatic nitrogens is 3. The molecule has 0 amide bonds. The van der Waals surface area contributed by atoms with Gasteiger partial charge >= 0.3 is 0 Å². The van der Waals surface area contributed by atoms with Crippen LogP contribution in [-0.4, -0.2) is 26.2 Å². The van der Waals surface area contributed by atoms with Gasteiger partial charge in [-0.2, -0.15) is 0 Å². The van der Waals surface area contributed by atoms with Crippen molar-refractivity contribution < 1.29 is 13.7 Å². The van der Waals surface area contributed by atoms with Gasteiger partial charge in [0, 0.05) is 20.0 Å². The third kappa shape index (κ3) is 2.87. The first kappa shape index (κ1) is 13.8. The number of hydrogen-bond acceptors (Lipinski definition) is 5. The van der Waals surface area contributed by atoms with Crippen molar-refractivity contribution in [3.8, 4) is 0 Å². The van der Waals surface area contributed by atoms with Gasteiger partial charge in [0.05, 0.1) is 17.1 Å². The molecule has 0 aliphatic heterocycles. The summed E-state index contributed by atoms with van der Waals surface area (Å²) in [4.78, 5) is 9.61. The molecule has 1 aromatic heterocycles. The number of nitro benzene ring substituents is 1. The fraction of sp³-hybridized carbons (Fsp3) is 0.273. The van der Waals surface area contributed by atoms with Crippen molar-refractivity contribution in [2.75, 3.05) is 11.9 Å². The first-order valence-electron chi connectivity index (χ1n) is 5.69. The van der Waals surface area contributed by atoms with Gasteiger partial charge < -0.3 is 9.88 Å². The average Bonchev–Trinajstić information content (AvgIpc) is 2.78. The Morgan fingerprint density at radius 1 is 1.40 bits per heavy atom. The van der Waals surface area contributed by atoms with Crippen LogP contribution in [0.4, 0.5) is 20.2 Å². The summed E-state index contributed by atoms with van der Waals surface area (Å²) < 4.78 is 28.8. The molecular weight excluding hydrogens is 272 g/mol. The predicted octanol–water partition coefficient (Wildman–Crippen LogP) is 1.66. The second-order valence-electron chi connectivity index (χ2n) is 4.08. The van der Waals surface area contributed by atoms with Crippen LogP contribution in [0.2, 0.25) is 0 Å². The fourth-order valence-corrected chi connectivity index (χ4v) is 1.67. The molecule has 0 unspecified atom stereocenters. The van der Waals surface area contributed by atoms with Crippen LogP contribution in [0.5, 0.6) is 0 Å². The van der Waals surface area contributed by atoms with Gasteiger partial charge in [-0.15, -0.1) is 10.2 Å². The summed E-state index contributed by atoms with van der Waals surface area (Å²) in [7, 11) is 1.75. The lowest BCUT2D eigenvalue weighted by Gasteiger charge is -2.08. The van der Waals surface area contributed by atoms with Crippen molar-refractivity contribution in [3.05, 3.63) is 46.0 Å². The Kier molecular flexibility index (Phi) is 3.87. The molecule has 0 fully saturated rings. The van der Waals surface area contributed by atoms with E-state index in [9.17, 15) is 18.9 Å². The highest BCUT2D eigenvalue weighted by Crippen LogP contribution is 2.24. The Labute approximate surface area is 112 Å². The number of aryl methyl sites for hydroxylation is 1. The molecule has 2 rings (SSSR count). The quantitative estimate of drug-likeness (QED) is 0.666. The van der Waals surface area contributed by atoms with Gasteiger partial charge in [-0.1, -0.05) is 0 Å². The van der Waals surface area contributed by atoms with Crippen LogP contribution in [0, 0.1) is 21.7 Å². The smallest absolute Gasteiger partial charge is 0.275 e. The SMILES string of the molecule is Cn1cnnc1CCNc1c(F)cc([N+](=O)[O-])cc1F. The Balaban J connectivity index is 2.06. The van der Waals surface area contributed by atoms with Crippen molar-refractivity contribution in [1.29, 1.82) is 0 Å². The number of halogens is 2. The van der Waals surface area contributed by atoms with E-state index < -0.39 is 27.9 Å². The number of rotatable bonds is 5. The second kappa shape index (κ2) is 5.59. The molecule has 7 nitrogen and oxygen atoms in total. The number of nitro groups is 1. The molecule has 0 aliphatic rings. The lowest BCUT2D eigenvalue weighted by molar-refractivity contribution is -0.385. The normalized spacial score (nSPS) is 10.6. The van der Waals surface area contributed by atoms with E-state index >= 15 is 0 Å². The first-order chi connectivity index (χ1) is 9.49. The lowest BCUT2D eigenvalue weighted by Crippen LogP contribution is -2.11. The monoisotopic (exact) mass is 283 g/mol. The van der Waals surface area contributed by atoms with E-state index in [0.29, 0.717) is 24.4 Å². The van der Waals surface area contributed by atoms with Crippen molar-refractivity contribution in [2.45, 2.75) is 6.42 Å². The standard InChI is InChI=1S/C11H11F2N5O2/c1-17-6-15-16-10(17)2-3-14-11-8(12)4-7(18(19)20)5-9(11)13/h4-6,14H,2-3H2,1H3. The van der Waals surface area contributed by atoms with Crippen LogP contribution in [-0.2, 0) is 13.5 Å². The molecule has 0 saturated carbocycles. The number of nitrogens with zero attached hydrogens (tertiary/aromatic N) is 4. The summed E-state index contributed by atoms with van der Waals surface area (Å²) in [5, 5.41) is 20.5. The van der Waals surface area contributed by atoms with Crippen LogP contribution in [0.3, 0.4) is 0 Å². The lowest BCUT2D eigenvalue weighted by atomic mass is 10.2. The molecule has 0 atom stereocenters. The van der Waals surface area contributed by atoms with E-state index in [-0.39, 0.29) is 6.54 Å². The van der Waals surface area contributed by atoms with Gasteiger partial charge in [0.25, 0.3) is 5.69 Å². The van der Waals surface area contributed by atoms with Crippen molar-refractivity contribution in [3.63, 3.8) is 0 Å². The third-order valence-corrected chi connectivity index (χ3v) is 2.69. The minimum Gasteiger partial charge on any atom is -0.380 e. The molecule has 0 aliphatic carbocycles. The highest BCUT2D eigenvalue weighted by Gasteiger charge is 2.16. The van der Waals surface area contributed by atoms with Gasteiger partial charge in [-0.25, -0.2) is 8.78 Å². The van der Waals surface area contributed by atoms with Crippen molar-refractivity contribution >= 4 is 11.4 Å². The summed E-state index contributed by atoms with van der Waals surface area (Å²) in [5.41, 5.74) is -1.02. The minimum absolute atomic E-state index is 0.220. The maximum Gasteiger partial charge on any atom is 0.275 e. The summed E-state index contributed by atoms with van der Waals surface area (Å²) in [6.07, 6.45) is 1.93. The summed E-state index contributed by atoms with van der Waals surface area (Å²) in [6, 6.07) is 1.35. The molecular formula is C11H11F2N5O2. The largest absolute Gasteiger partial charge is 0.380 e. The summed E-state index contributed by atoms with van der Waals surface area (Å²) in [6.45, 7) is 0.220. The molecule has 0 spiro atoms. The summed E-state index contributed by atoms with van der Waals surface area (Å²) in [5.74, 6) is -1.36. The molecule has 106 valence electrons. The maximum absolute atomic E-state index is 13.6. The topological polar surface area (TPSA) is 85.9 Å². The number of anilines is 1. The van der Waals surface area contributed by atoms with E-state index in [1.165, 1.54) is 6.33 Å². The number of nitrogens with one attached hydrogen (secondary N) is 1. The number of non-ortho nitro benzene ring substituents is 1. The van der Waals surface area contributed by atoms with Crippen molar-refractivity contribution in [2.24, 2.45) is 7.05 Å². The van der Waals surface area contributed by atoms with E-state index in [2.05, 4.69) is 15.5 Å². The third-order valence-electron chi connectivity index (χ3n) is 2.69. The summed E-state index contributed by atoms with van der Waals surface area (Å²) >= 11 is 0. The Morgan fingerprint density at radius 2 is 2.05 bits per heavy atom. The molecule has 0 saturated heterocycles. The zero-order chi connectivity index (χ0) is 14.7. The predicted molar refractivity (Wildman–Crippen MR) is 66.2 cm³/mol. The highest BCUT2D eigenvalue weighted by molar-refractivity contribution is 5.51. The van der Waals surface area contributed by atoms with Gasteiger partial charge in [0.15, 0.2) is 11.6 Å². The van der Waals surface area contributed by atoms with E-state index in [1.54, 1.807) is 11.6 Å². The van der Waals surface area contributed by atoms with Crippen LogP contribution in [0.15, 0.2) is 18.5 Å². The van der Waals surface area contributed by atoms with Gasteiger partial charge in [-0.3, -0.25) is 10.1 Å².